The van der Waals surface area contributed by atoms with Gasteiger partial charge in [0.05, 0.1) is 23.9 Å². The number of ketones is 1. The lowest BCUT2D eigenvalue weighted by Gasteiger charge is -2.10. The van der Waals surface area contributed by atoms with Gasteiger partial charge in [0.15, 0.2) is 0 Å². The molecule has 0 saturated carbocycles. The molecule has 0 radical (unpaired) electrons. The van der Waals surface area contributed by atoms with Crippen LogP contribution in [0.5, 0.6) is 5.75 Å². The highest BCUT2D eigenvalue weighted by Crippen LogP contribution is 2.27. The molecular formula is C14H14Cl2N2O2. The minimum Gasteiger partial charge on any atom is -0.496 e. The quantitative estimate of drug-likeness (QED) is 0.788. The van der Waals surface area contributed by atoms with Gasteiger partial charge in [-0.1, -0.05) is 30.1 Å². The molecule has 1 aromatic heterocycles. The molecule has 0 amide bonds. The van der Waals surface area contributed by atoms with E-state index in [2.05, 4.69) is 5.10 Å². The lowest BCUT2D eigenvalue weighted by molar-refractivity contribution is 0.102. The number of rotatable bonds is 5. The van der Waals surface area contributed by atoms with Crippen molar-refractivity contribution < 1.29 is 9.53 Å². The Labute approximate surface area is 127 Å². The number of carbonyl (C=O) groups excluding carboxylic acids is 1. The molecule has 106 valence electrons. The van der Waals surface area contributed by atoms with E-state index < -0.39 is 0 Å². The van der Waals surface area contributed by atoms with E-state index in [-0.39, 0.29) is 5.78 Å². The number of hydrogen-bond acceptors (Lipinski definition) is 3. The third-order valence-corrected chi connectivity index (χ3v) is 3.37. The smallest absolute Gasteiger partial charge is 0.216 e. The highest BCUT2D eigenvalue weighted by molar-refractivity contribution is 6.35. The van der Waals surface area contributed by atoms with Crippen LogP contribution in [0.1, 0.15) is 29.4 Å². The Morgan fingerprint density at radius 1 is 1.40 bits per heavy atom. The summed E-state index contributed by atoms with van der Waals surface area (Å²) in [4.78, 5) is 12.6. The molecule has 0 aliphatic heterocycles. The van der Waals surface area contributed by atoms with E-state index >= 15 is 0 Å². The van der Waals surface area contributed by atoms with E-state index in [0.29, 0.717) is 33.6 Å². The maximum absolute atomic E-state index is 12.6. The molecule has 6 heteroatoms. The molecule has 0 bridgehead atoms. The van der Waals surface area contributed by atoms with E-state index in [4.69, 9.17) is 27.9 Å². The minimum absolute atomic E-state index is 0.227. The van der Waals surface area contributed by atoms with Crippen molar-refractivity contribution in [1.29, 1.82) is 0 Å². The second kappa shape index (κ2) is 6.29. The summed E-state index contributed by atoms with van der Waals surface area (Å²) in [6, 6.07) is 4.87. The largest absolute Gasteiger partial charge is 0.496 e. The van der Waals surface area contributed by atoms with Crippen molar-refractivity contribution in [3.05, 3.63) is 45.7 Å². The monoisotopic (exact) mass is 312 g/mol. The van der Waals surface area contributed by atoms with Gasteiger partial charge in [0, 0.05) is 11.6 Å². The van der Waals surface area contributed by atoms with E-state index in [1.165, 1.54) is 13.3 Å². The SMILES string of the molecule is CCCn1ncc(Cl)c1C(=O)c1ccc(Cl)cc1OC. The molecule has 0 aliphatic rings. The van der Waals surface area contributed by atoms with E-state index in [1.807, 2.05) is 6.92 Å². The molecular weight excluding hydrogens is 299 g/mol. The fourth-order valence-corrected chi connectivity index (χ4v) is 2.34. The highest BCUT2D eigenvalue weighted by Gasteiger charge is 2.22. The Balaban J connectivity index is 2.49. The zero-order valence-corrected chi connectivity index (χ0v) is 12.7. The van der Waals surface area contributed by atoms with Gasteiger partial charge in [0.1, 0.15) is 11.4 Å². The van der Waals surface area contributed by atoms with E-state index in [0.717, 1.165) is 6.42 Å². The number of hydrogen-bond donors (Lipinski definition) is 0. The zero-order valence-electron chi connectivity index (χ0n) is 11.2. The second-order valence-electron chi connectivity index (χ2n) is 4.24. The van der Waals surface area contributed by atoms with Gasteiger partial charge in [0.2, 0.25) is 5.78 Å². The maximum atomic E-state index is 12.6. The maximum Gasteiger partial charge on any atom is 0.216 e. The molecule has 0 fully saturated rings. The van der Waals surface area contributed by atoms with Crippen molar-refractivity contribution in [3.63, 3.8) is 0 Å². The number of nitrogens with zero attached hydrogens (tertiary/aromatic N) is 2. The lowest BCUT2D eigenvalue weighted by atomic mass is 10.1. The summed E-state index contributed by atoms with van der Waals surface area (Å²) in [5.41, 5.74) is 0.783. The summed E-state index contributed by atoms with van der Waals surface area (Å²) in [6.45, 7) is 2.64. The van der Waals surface area contributed by atoms with Crippen molar-refractivity contribution in [2.24, 2.45) is 0 Å². The van der Waals surface area contributed by atoms with Gasteiger partial charge in [-0.15, -0.1) is 0 Å². The molecule has 20 heavy (non-hydrogen) atoms. The fraction of sp³-hybridized carbons (Fsp3) is 0.286. The summed E-state index contributed by atoms with van der Waals surface area (Å²) < 4.78 is 6.82. The third kappa shape index (κ3) is 2.81. The van der Waals surface area contributed by atoms with Crippen LogP contribution in [0.2, 0.25) is 10.0 Å². The minimum atomic E-state index is -0.227. The predicted molar refractivity (Wildman–Crippen MR) is 79.0 cm³/mol. The molecule has 0 aliphatic carbocycles. The van der Waals surface area contributed by atoms with Crippen LogP contribution in [-0.2, 0) is 6.54 Å². The van der Waals surface area contributed by atoms with E-state index in [9.17, 15) is 4.79 Å². The predicted octanol–water partition coefficient (Wildman–Crippen LogP) is 3.84. The molecule has 0 spiro atoms. The molecule has 0 N–H and O–H groups in total. The van der Waals surface area contributed by atoms with Crippen LogP contribution in [0.4, 0.5) is 0 Å². The molecule has 0 unspecified atom stereocenters. The van der Waals surface area contributed by atoms with Crippen molar-refractivity contribution >= 4 is 29.0 Å². The molecule has 0 saturated heterocycles. The number of benzene rings is 1. The Kier molecular flexibility index (Phi) is 4.68. The standard InChI is InChI=1S/C14H14Cl2N2O2/c1-3-6-18-13(11(16)8-17-18)14(19)10-5-4-9(15)7-12(10)20-2/h4-5,7-8H,3,6H2,1-2H3. The third-order valence-electron chi connectivity index (χ3n) is 2.85. The molecule has 0 atom stereocenters. The highest BCUT2D eigenvalue weighted by atomic mass is 35.5. The summed E-state index contributed by atoms with van der Waals surface area (Å²) in [5.74, 6) is 0.192. The van der Waals surface area contributed by atoms with Crippen molar-refractivity contribution in [1.82, 2.24) is 9.78 Å². The van der Waals surface area contributed by atoms with Crippen LogP contribution in [0.3, 0.4) is 0 Å². The normalized spacial score (nSPS) is 10.6. The summed E-state index contributed by atoms with van der Waals surface area (Å²) in [5, 5.41) is 4.96. The number of ether oxygens (including phenoxy) is 1. The Morgan fingerprint density at radius 2 is 2.15 bits per heavy atom. The first-order valence-corrected chi connectivity index (χ1v) is 6.93. The number of halogens is 2. The van der Waals surface area contributed by atoms with Gasteiger partial charge in [0.25, 0.3) is 0 Å². The molecule has 4 nitrogen and oxygen atoms in total. The van der Waals surface area contributed by atoms with Gasteiger partial charge in [-0.05, 0) is 24.6 Å². The van der Waals surface area contributed by atoms with Gasteiger partial charge < -0.3 is 4.74 Å². The Bertz CT molecular complexity index is 638. The molecule has 2 aromatic rings. The summed E-state index contributed by atoms with van der Waals surface area (Å²) in [7, 11) is 1.49. The molecule has 1 heterocycles. The summed E-state index contributed by atoms with van der Waals surface area (Å²) in [6.07, 6.45) is 2.34. The van der Waals surface area contributed by atoms with E-state index in [1.54, 1.807) is 22.9 Å². The number of aryl methyl sites for hydroxylation is 1. The van der Waals surface area contributed by atoms with Gasteiger partial charge in [-0.25, -0.2) is 0 Å². The van der Waals surface area contributed by atoms with Crippen molar-refractivity contribution in [2.45, 2.75) is 19.9 Å². The van der Waals surface area contributed by atoms with Crippen molar-refractivity contribution in [3.8, 4) is 5.75 Å². The Hall–Kier alpha value is -1.52. The second-order valence-corrected chi connectivity index (χ2v) is 5.08. The average molecular weight is 313 g/mol. The lowest BCUT2D eigenvalue weighted by Crippen LogP contribution is -2.13. The molecule has 1 aromatic carbocycles. The first-order chi connectivity index (χ1) is 9.58. The number of methoxy groups -OCH3 is 1. The van der Waals surface area contributed by atoms with Crippen LogP contribution in [-0.4, -0.2) is 22.7 Å². The van der Waals surface area contributed by atoms with Crippen LogP contribution < -0.4 is 4.74 Å². The first-order valence-electron chi connectivity index (χ1n) is 6.18. The van der Waals surface area contributed by atoms with Crippen LogP contribution in [0.15, 0.2) is 24.4 Å². The van der Waals surface area contributed by atoms with Crippen LogP contribution in [0.25, 0.3) is 0 Å². The fourth-order valence-electron chi connectivity index (χ4n) is 1.95. The van der Waals surface area contributed by atoms with Crippen LogP contribution in [0, 0.1) is 0 Å². The molecule has 2 rings (SSSR count). The van der Waals surface area contributed by atoms with Gasteiger partial charge in [-0.2, -0.15) is 5.10 Å². The topological polar surface area (TPSA) is 44.1 Å². The zero-order chi connectivity index (χ0) is 14.7. The Morgan fingerprint density at radius 3 is 2.80 bits per heavy atom. The van der Waals surface area contributed by atoms with Crippen LogP contribution >= 0.6 is 23.2 Å². The number of carbonyl (C=O) groups is 1. The summed E-state index contributed by atoms with van der Waals surface area (Å²) >= 11 is 12.0. The average Bonchev–Trinajstić information content (AvgIpc) is 2.79. The first kappa shape index (κ1) is 14.9. The van der Waals surface area contributed by atoms with Gasteiger partial charge in [-0.3, -0.25) is 9.48 Å². The number of aromatic nitrogens is 2. The van der Waals surface area contributed by atoms with Crippen molar-refractivity contribution in [2.75, 3.05) is 7.11 Å². The van der Waals surface area contributed by atoms with Gasteiger partial charge >= 0.3 is 0 Å².